The number of amides is 4. The number of aromatic amines is 2. The molecule has 0 bridgehead atoms. The smallest absolute Gasteiger partial charge is 0.271 e. The summed E-state index contributed by atoms with van der Waals surface area (Å²) < 4.78 is 0. The van der Waals surface area contributed by atoms with E-state index in [1.54, 1.807) is 9.80 Å². The van der Waals surface area contributed by atoms with Gasteiger partial charge in [-0.2, -0.15) is 0 Å². The summed E-state index contributed by atoms with van der Waals surface area (Å²) in [5, 5.41) is 32.4. The molecule has 0 radical (unpaired) electrons. The number of para-hydroxylation sites is 2. The van der Waals surface area contributed by atoms with Crippen LogP contribution >= 0.6 is 0 Å². The van der Waals surface area contributed by atoms with Gasteiger partial charge in [-0.25, -0.2) is 0 Å². The molecule has 2 aliphatic heterocycles. The van der Waals surface area contributed by atoms with Crippen LogP contribution < -0.4 is 10.6 Å². The van der Waals surface area contributed by atoms with Crippen molar-refractivity contribution in [3.8, 4) is 0 Å². The van der Waals surface area contributed by atoms with Crippen molar-refractivity contribution in [2.45, 2.75) is 90.0 Å². The number of hydrogen-bond donors (Lipinski definition) is 6. The van der Waals surface area contributed by atoms with E-state index in [0.717, 1.165) is 44.1 Å². The zero-order valence-corrected chi connectivity index (χ0v) is 34.3. The Morgan fingerprint density at radius 1 is 0.567 bits per heavy atom. The van der Waals surface area contributed by atoms with Gasteiger partial charge in [0.15, 0.2) is 0 Å². The van der Waals surface area contributed by atoms with E-state index in [1.165, 1.54) is 0 Å². The first-order valence-corrected chi connectivity index (χ1v) is 20.8. The molecule has 8 rings (SSSR count). The van der Waals surface area contributed by atoms with Gasteiger partial charge in [-0.1, -0.05) is 125 Å². The maximum Gasteiger partial charge on any atom is 0.271 e. The molecule has 0 spiro atoms. The predicted octanol–water partition coefficient (Wildman–Crippen LogP) is 5.49. The summed E-state index contributed by atoms with van der Waals surface area (Å²) in [6, 6.07) is 30.2. The van der Waals surface area contributed by atoms with Crippen molar-refractivity contribution in [3.63, 3.8) is 0 Å². The van der Waals surface area contributed by atoms with Crippen LogP contribution in [0.3, 0.4) is 0 Å². The third-order valence-corrected chi connectivity index (χ3v) is 12.1. The van der Waals surface area contributed by atoms with Gasteiger partial charge >= 0.3 is 0 Å². The van der Waals surface area contributed by atoms with Crippen LogP contribution in [0.2, 0.25) is 0 Å². The number of H-pyrrole nitrogens is 2. The molecule has 4 aromatic carbocycles. The van der Waals surface area contributed by atoms with Crippen LogP contribution in [0.25, 0.3) is 21.8 Å². The Morgan fingerprint density at radius 3 is 1.28 bits per heavy atom. The van der Waals surface area contributed by atoms with Gasteiger partial charge in [-0.05, 0) is 47.9 Å². The Labute approximate surface area is 349 Å². The molecule has 60 heavy (non-hydrogen) atoms. The van der Waals surface area contributed by atoms with Crippen molar-refractivity contribution in [2.24, 2.45) is 11.8 Å². The van der Waals surface area contributed by atoms with Crippen molar-refractivity contribution in [1.82, 2.24) is 30.4 Å². The maximum atomic E-state index is 14.5. The van der Waals surface area contributed by atoms with Crippen LogP contribution in [0.4, 0.5) is 0 Å². The summed E-state index contributed by atoms with van der Waals surface area (Å²) in [6.45, 7) is 7.99. The van der Waals surface area contributed by atoms with Gasteiger partial charge in [0.05, 0.1) is 12.1 Å². The van der Waals surface area contributed by atoms with Crippen LogP contribution in [0.15, 0.2) is 109 Å². The summed E-state index contributed by atoms with van der Waals surface area (Å²) >= 11 is 0. The molecule has 6 atom stereocenters. The zero-order valence-electron chi connectivity index (χ0n) is 34.3. The van der Waals surface area contributed by atoms with E-state index in [9.17, 15) is 29.4 Å². The number of aliphatic hydroxyl groups excluding tert-OH is 2. The molecule has 0 saturated heterocycles. The van der Waals surface area contributed by atoms with Gasteiger partial charge < -0.3 is 40.6 Å². The Hall–Kier alpha value is -6.24. The predicted molar refractivity (Wildman–Crippen MR) is 230 cm³/mol. The number of aromatic nitrogens is 2. The highest BCUT2D eigenvalue weighted by molar-refractivity contribution is 6.06. The minimum absolute atomic E-state index is 0.155. The van der Waals surface area contributed by atoms with Gasteiger partial charge in [0.25, 0.3) is 11.8 Å². The molecular formula is C48H52N6O6. The first-order valence-electron chi connectivity index (χ1n) is 20.8. The zero-order chi connectivity index (χ0) is 42.2. The number of rotatable bonds is 15. The number of benzene rings is 4. The standard InChI is InChI=1S/C48H52N6O6/c1-27(2)41(53-25-33-31-19-11-13-21-35(31)49-39(33)47(53)59)45(57)51-37(23-29-15-7-5-8-16-29)43(55)44(56)38(24-30-17-9-6-10-18-30)52-46(58)42(28(3)4)54-26-34-32-20-12-14-22-36(32)50-40(34)48(54)60/h5-22,27-28,37-38,41-44,49-50,55-56H,23-26H2,1-4H3,(H,51,57)(H,52,58)/t37-,38-,41-,42?,43+,44+/m0/s1. The molecule has 6 aromatic rings. The van der Waals surface area contributed by atoms with Crippen molar-refractivity contribution < 1.29 is 29.4 Å². The molecule has 6 N–H and O–H groups in total. The summed E-state index contributed by atoms with van der Waals surface area (Å²) in [5.74, 6) is -2.09. The third-order valence-electron chi connectivity index (χ3n) is 12.1. The Morgan fingerprint density at radius 2 is 0.917 bits per heavy atom. The molecule has 4 amide bonds. The SMILES string of the molecule is CC(C)C(C(=O)N[C@@H](Cc1ccccc1)[C@@H](O)[C@H](O)[C@H](Cc1ccccc1)NC(=O)[C@H](C(C)C)N1Cc2c([nH]c3ccccc23)C1=O)N1Cc2c([nH]c3ccccc23)C1=O. The molecular weight excluding hydrogens is 757 g/mol. The van der Waals surface area contributed by atoms with Gasteiger partial charge in [-0.3, -0.25) is 19.2 Å². The summed E-state index contributed by atoms with van der Waals surface area (Å²) in [5.41, 5.74) is 5.91. The van der Waals surface area contributed by atoms with Crippen LogP contribution in [0.5, 0.6) is 0 Å². The van der Waals surface area contributed by atoms with Gasteiger partial charge in [0, 0.05) is 46.0 Å². The number of fused-ring (bicyclic) bond motifs is 6. The Balaban J connectivity index is 1.06. The lowest BCUT2D eigenvalue weighted by molar-refractivity contribution is -0.132. The summed E-state index contributed by atoms with van der Waals surface area (Å²) in [7, 11) is 0. The fourth-order valence-corrected chi connectivity index (χ4v) is 9.19. The van der Waals surface area contributed by atoms with Crippen LogP contribution in [-0.4, -0.2) is 90.0 Å². The molecule has 310 valence electrons. The average molecular weight is 809 g/mol. The number of carbonyl (C=O) groups is 4. The molecule has 0 aliphatic carbocycles. The monoisotopic (exact) mass is 808 g/mol. The number of aliphatic hydroxyl groups is 2. The first kappa shape index (κ1) is 40.5. The number of hydrogen-bond acceptors (Lipinski definition) is 6. The van der Waals surface area contributed by atoms with Crippen LogP contribution in [0, 0.1) is 11.8 Å². The molecule has 1 unspecified atom stereocenters. The third kappa shape index (κ3) is 7.68. The highest BCUT2D eigenvalue weighted by Gasteiger charge is 2.44. The molecule has 2 aromatic heterocycles. The molecule has 0 saturated carbocycles. The lowest BCUT2D eigenvalue weighted by Gasteiger charge is -2.37. The number of nitrogens with zero attached hydrogens (tertiary/aromatic N) is 2. The highest BCUT2D eigenvalue weighted by atomic mass is 16.3. The molecule has 12 heteroatoms. The highest BCUT2D eigenvalue weighted by Crippen LogP contribution is 2.34. The van der Waals surface area contributed by atoms with Crippen molar-refractivity contribution in [2.75, 3.05) is 0 Å². The summed E-state index contributed by atoms with van der Waals surface area (Å²) in [4.78, 5) is 66.4. The minimum atomic E-state index is -1.57. The molecule has 4 heterocycles. The van der Waals surface area contributed by atoms with E-state index in [2.05, 4.69) is 20.6 Å². The van der Waals surface area contributed by atoms with Crippen molar-refractivity contribution in [3.05, 3.63) is 143 Å². The van der Waals surface area contributed by atoms with Gasteiger partial charge in [0.1, 0.15) is 35.7 Å². The maximum absolute atomic E-state index is 14.5. The number of nitrogens with one attached hydrogen (secondary N) is 4. The van der Waals surface area contributed by atoms with E-state index in [4.69, 9.17) is 0 Å². The van der Waals surface area contributed by atoms with E-state index >= 15 is 0 Å². The second kappa shape index (κ2) is 16.8. The van der Waals surface area contributed by atoms with E-state index in [1.807, 2.05) is 137 Å². The Bertz CT molecular complexity index is 2350. The first-order chi connectivity index (χ1) is 28.9. The largest absolute Gasteiger partial charge is 0.388 e. The van der Waals surface area contributed by atoms with Gasteiger partial charge in [-0.15, -0.1) is 0 Å². The summed E-state index contributed by atoms with van der Waals surface area (Å²) in [6.07, 6.45) is -2.83. The van der Waals surface area contributed by atoms with Gasteiger partial charge in [0.2, 0.25) is 11.8 Å². The number of carbonyl (C=O) groups excluding carboxylic acids is 4. The fraction of sp³-hybridized carbons (Fsp3) is 0.333. The van der Waals surface area contributed by atoms with Crippen molar-refractivity contribution >= 4 is 45.4 Å². The molecule has 2 aliphatic rings. The quantitative estimate of drug-likeness (QED) is 0.0802. The van der Waals surface area contributed by atoms with Crippen molar-refractivity contribution in [1.29, 1.82) is 0 Å². The topological polar surface area (TPSA) is 171 Å². The van der Waals surface area contributed by atoms with E-state index < -0.39 is 48.2 Å². The molecule has 0 fully saturated rings. The van der Waals surface area contributed by atoms with E-state index in [-0.39, 0.29) is 49.6 Å². The Kier molecular flexibility index (Phi) is 11.3. The second-order valence-electron chi connectivity index (χ2n) is 16.9. The molecule has 12 nitrogen and oxygen atoms in total. The van der Waals surface area contributed by atoms with Crippen LogP contribution in [-0.2, 0) is 35.5 Å². The second-order valence-corrected chi connectivity index (χ2v) is 16.9. The van der Waals surface area contributed by atoms with Crippen LogP contribution in [0.1, 0.15) is 70.9 Å². The fourth-order valence-electron chi connectivity index (χ4n) is 9.19. The van der Waals surface area contributed by atoms with E-state index in [0.29, 0.717) is 11.4 Å². The lowest BCUT2D eigenvalue weighted by atomic mass is 9.90. The average Bonchev–Trinajstić information content (AvgIpc) is 3.97. The minimum Gasteiger partial charge on any atom is -0.388 e. The lowest BCUT2D eigenvalue weighted by Crippen LogP contribution is -2.61. The normalized spacial score (nSPS) is 16.9.